The van der Waals surface area contributed by atoms with E-state index in [1.54, 1.807) is 6.07 Å². The molecule has 4 heteroatoms. The highest BCUT2D eigenvalue weighted by Gasteiger charge is 2.44. The average molecular weight is 216 g/mol. The minimum Gasteiger partial charge on any atom is -0.492 e. The molecule has 0 bridgehead atoms. The van der Waals surface area contributed by atoms with E-state index < -0.39 is 5.82 Å². The second kappa shape index (κ2) is 3.83. The lowest BCUT2D eigenvalue weighted by atomic mass is 10.1. The zero-order valence-electron chi connectivity index (χ0n) is 8.53. The van der Waals surface area contributed by atoms with Crippen molar-refractivity contribution in [1.29, 1.82) is 10.5 Å². The van der Waals surface area contributed by atoms with Crippen LogP contribution in [0.5, 0.6) is 5.75 Å². The topological polar surface area (TPSA) is 56.8 Å². The SMILES string of the molecule is N#Cc1ccc(OCC2(C#N)CC2)cc1F. The van der Waals surface area contributed by atoms with Crippen LogP contribution in [0.3, 0.4) is 0 Å². The van der Waals surface area contributed by atoms with Gasteiger partial charge in [-0.3, -0.25) is 0 Å². The van der Waals surface area contributed by atoms with E-state index in [4.69, 9.17) is 15.3 Å². The van der Waals surface area contributed by atoms with Crippen molar-refractivity contribution in [2.24, 2.45) is 5.41 Å². The molecule has 0 radical (unpaired) electrons. The van der Waals surface area contributed by atoms with Gasteiger partial charge in [-0.15, -0.1) is 0 Å². The Morgan fingerprint density at radius 2 is 2.12 bits per heavy atom. The van der Waals surface area contributed by atoms with Crippen molar-refractivity contribution in [3.8, 4) is 17.9 Å². The fraction of sp³-hybridized carbons (Fsp3) is 0.333. The van der Waals surface area contributed by atoms with Crippen molar-refractivity contribution in [3.05, 3.63) is 29.6 Å². The molecular weight excluding hydrogens is 207 g/mol. The predicted molar refractivity (Wildman–Crippen MR) is 53.9 cm³/mol. The van der Waals surface area contributed by atoms with Crippen LogP contribution < -0.4 is 4.74 Å². The molecule has 2 rings (SSSR count). The molecule has 0 aliphatic heterocycles. The van der Waals surface area contributed by atoms with Gasteiger partial charge in [-0.2, -0.15) is 10.5 Å². The third kappa shape index (κ3) is 1.97. The number of ether oxygens (including phenoxy) is 1. The highest BCUT2D eigenvalue weighted by Crippen LogP contribution is 2.45. The van der Waals surface area contributed by atoms with Crippen LogP contribution in [-0.2, 0) is 0 Å². The molecule has 1 fully saturated rings. The van der Waals surface area contributed by atoms with Crippen LogP contribution in [0.15, 0.2) is 18.2 Å². The van der Waals surface area contributed by atoms with E-state index in [-0.39, 0.29) is 17.6 Å². The Morgan fingerprint density at radius 1 is 1.38 bits per heavy atom. The van der Waals surface area contributed by atoms with Crippen molar-refractivity contribution in [2.45, 2.75) is 12.8 Å². The molecule has 80 valence electrons. The molecular formula is C12H9FN2O. The summed E-state index contributed by atoms with van der Waals surface area (Å²) in [6, 6.07) is 8.01. The minimum absolute atomic E-state index is 0.00577. The van der Waals surface area contributed by atoms with E-state index in [1.165, 1.54) is 18.2 Å². The second-order valence-corrected chi connectivity index (χ2v) is 3.93. The molecule has 1 aliphatic rings. The summed E-state index contributed by atoms with van der Waals surface area (Å²) in [6.45, 7) is 0.287. The van der Waals surface area contributed by atoms with E-state index in [0.29, 0.717) is 5.75 Å². The van der Waals surface area contributed by atoms with Gasteiger partial charge in [0, 0.05) is 6.07 Å². The van der Waals surface area contributed by atoms with Crippen molar-refractivity contribution >= 4 is 0 Å². The summed E-state index contributed by atoms with van der Waals surface area (Å²) < 4.78 is 18.5. The lowest BCUT2D eigenvalue weighted by molar-refractivity contribution is 0.267. The van der Waals surface area contributed by atoms with Gasteiger partial charge in [-0.05, 0) is 25.0 Å². The molecule has 16 heavy (non-hydrogen) atoms. The maximum Gasteiger partial charge on any atom is 0.144 e. The number of nitriles is 2. The third-order valence-corrected chi connectivity index (χ3v) is 2.67. The van der Waals surface area contributed by atoms with Crippen LogP contribution in [0.2, 0.25) is 0 Å². The van der Waals surface area contributed by atoms with Gasteiger partial charge in [0.05, 0.1) is 17.0 Å². The Morgan fingerprint density at radius 3 is 2.62 bits per heavy atom. The maximum absolute atomic E-state index is 13.2. The smallest absolute Gasteiger partial charge is 0.144 e. The summed E-state index contributed by atoms with van der Waals surface area (Å²) >= 11 is 0. The van der Waals surface area contributed by atoms with E-state index >= 15 is 0 Å². The van der Waals surface area contributed by atoms with Crippen molar-refractivity contribution < 1.29 is 9.13 Å². The lowest BCUT2D eigenvalue weighted by Gasteiger charge is -2.09. The molecule has 0 amide bonds. The van der Waals surface area contributed by atoms with Crippen LogP contribution in [0.4, 0.5) is 4.39 Å². The number of hydrogen-bond donors (Lipinski definition) is 0. The molecule has 1 aromatic rings. The number of benzene rings is 1. The summed E-state index contributed by atoms with van der Waals surface area (Å²) in [4.78, 5) is 0. The Balaban J connectivity index is 2.04. The minimum atomic E-state index is -0.596. The van der Waals surface area contributed by atoms with E-state index in [1.807, 2.05) is 0 Å². The molecule has 0 atom stereocenters. The quantitative estimate of drug-likeness (QED) is 0.779. The highest BCUT2D eigenvalue weighted by atomic mass is 19.1. The van der Waals surface area contributed by atoms with Crippen LogP contribution in [0.1, 0.15) is 18.4 Å². The van der Waals surface area contributed by atoms with Crippen LogP contribution in [-0.4, -0.2) is 6.61 Å². The molecule has 0 spiro atoms. The van der Waals surface area contributed by atoms with Gasteiger partial charge in [-0.1, -0.05) is 0 Å². The molecule has 0 aromatic heterocycles. The first kappa shape index (κ1) is 10.4. The Hall–Kier alpha value is -2.07. The Kier molecular flexibility index (Phi) is 2.50. The lowest BCUT2D eigenvalue weighted by Crippen LogP contribution is -2.10. The first-order chi connectivity index (χ1) is 7.69. The summed E-state index contributed by atoms with van der Waals surface area (Å²) in [5.41, 5.74) is -0.376. The highest BCUT2D eigenvalue weighted by molar-refractivity contribution is 5.36. The maximum atomic E-state index is 13.2. The summed E-state index contributed by atoms with van der Waals surface area (Å²) in [5, 5.41) is 17.4. The fourth-order valence-electron chi connectivity index (χ4n) is 1.34. The standard InChI is InChI=1S/C12H9FN2O/c13-11-5-10(2-1-9(11)6-14)16-8-12(7-15)3-4-12/h1-2,5H,3-4,8H2. The van der Waals surface area contributed by atoms with Crippen molar-refractivity contribution in [2.75, 3.05) is 6.61 Å². The second-order valence-electron chi connectivity index (χ2n) is 3.93. The van der Waals surface area contributed by atoms with Gasteiger partial charge in [0.2, 0.25) is 0 Å². The Bertz CT molecular complexity index is 495. The third-order valence-electron chi connectivity index (χ3n) is 2.67. The molecule has 1 saturated carbocycles. The summed E-state index contributed by atoms with van der Waals surface area (Å²) in [7, 11) is 0. The van der Waals surface area contributed by atoms with Gasteiger partial charge >= 0.3 is 0 Å². The molecule has 1 aromatic carbocycles. The molecule has 0 heterocycles. The van der Waals surface area contributed by atoms with E-state index in [9.17, 15) is 4.39 Å². The first-order valence-electron chi connectivity index (χ1n) is 4.93. The van der Waals surface area contributed by atoms with E-state index in [2.05, 4.69) is 6.07 Å². The average Bonchev–Trinajstić information content (AvgIpc) is 3.07. The summed E-state index contributed by atoms with van der Waals surface area (Å²) in [6.07, 6.45) is 1.67. The largest absolute Gasteiger partial charge is 0.492 e. The molecule has 3 nitrogen and oxygen atoms in total. The molecule has 0 unspecified atom stereocenters. The van der Waals surface area contributed by atoms with E-state index in [0.717, 1.165) is 12.8 Å². The number of hydrogen-bond acceptors (Lipinski definition) is 3. The first-order valence-corrected chi connectivity index (χ1v) is 4.93. The van der Waals surface area contributed by atoms with Crippen molar-refractivity contribution in [1.82, 2.24) is 0 Å². The number of rotatable bonds is 3. The van der Waals surface area contributed by atoms with Crippen molar-refractivity contribution in [3.63, 3.8) is 0 Å². The normalized spacial score (nSPS) is 15.9. The number of nitrogens with zero attached hydrogens (tertiary/aromatic N) is 2. The van der Waals surface area contributed by atoms with Gasteiger partial charge in [0.15, 0.2) is 0 Å². The monoisotopic (exact) mass is 216 g/mol. The molecule has 0 saturated heterocycles. The van der Waals surface area contributed by atoms with Gasteiger partial charge in [-0.25, -0.2) is 4.39 Å². The van der Waals surface area contributed by atoms with Gasteiger partial charge in [0.25, 0.3) is 0 Å². The molecule has 0 N–H and O–H groups in total. The van der Waals surface area contributed by atoms with Crippen LogP contribution in [0.25, 0.3) is 0 Å². The summed E-state index contributed by atoms with van der Waals surface area (Å²) in [5.74, 6) is -0.236. The molecule has 1 aliphatic carbocycles. The van der Waals surface area contributed by atoms with Crippen LogP contribution >= 0.6 is 0 Å². The number of halogens is 1. The zero-order valence-corrected chi connectivity index (χ0v) is 8.53. The zero-order chi connectivity index (χ0) is 11.6. The van der Waals surface area contributed by atoms with Crippen LogP contribution in [0, 0.1) is 33.9 Å². The Labute approximate surface area is 92.7 Å². The van der Waals surface area contributed by atoms with Gasteiger partial charge in [0.1, 0.15) is 24.2 Å². The fourth-order valence-corrected chi connectivity index (χ4v) is 1.34. The predicted octanol–water partition coefficient (Wildman–Crippen LogP) is 2.38. The van der Waals surface area contributed by atoms with Gasteiger partial charge < -0.3 is 4.74 Å².